The molecule has 11 heavy (non-hydrogen) atoms. The summed E-state index contributed by atoms with van der Waals surface area (Å²) >= 11 is 0. The maximum absolute atomic E-state index is 3.85. The van der Waals surface area contributed by atoms with Crippen LogP contribution in [0.5, 0.6) is 0 Å². The molecule has 1 fully saturated rings. The normalized spacial score (nSPS) is 21.8. The van der Waals surface area contributed by atoms with E-state index in [0.717, 1.165) is 13.1 Å². The summed E-state index contributed by atoms with van der Waals surface area (Å²) in [7, 11) is 0. The van der Waals surface area contributed by atoms with Crippen molar-refractivity contribution in [3.63, 3.8) is 0 Å². The van der Waals surface area contributed by atoms with Gasteiger partial charge in [0.25, 0.3) is 0 Å². The van der Waals surface area contributed by atoms with Gasteiger partial charge in [-0.2, -0.15) is 0 Å². The molecule has 0 aromatic rings. The minimum absolute atomic E-state index is 0.958. The second-order valence-corrected chi connectivity index (χ2v) is 2.80. The van der Waals surface area contributed by atoms with E-state index in [0.29, 0.717) is 0 Å². The number of nitrogens with zero attached hydrogens (tertiary/aromatic N) is 1. The molecule has 3 heteroatoms. The summed E-state index contributed by atoms with van der Waals surface area (Å²) in [5, 5.41) is 6.22. The summed E-state index contributed by atoms with van der Waals surface area (Å²) in [6.07, 6.45) is 5.95. The third kappa shape index (κ3) is 4.79. The van der Waals surface area contributed by atoms with Crippen molar-refractivity contribution in [1.29, 1.82) is 0 Å². The Balaban J connectivity index is 0.000000112. The van der Waals surface area contributed by atoms with Crippen molar-refractivity contribution < 1.29 is 0 Å². The zero-order valence-electron chi connectivity index (χ0n) is 6.97. The van der Waals surface area contributed by atoms with Crippen molar-refractivity contribution in [3.8, 4) is 0 Å². The highest BCUT2D eigenvalue weighted by atomic mass is 15.0. The van der Waals surface area contributed by atoms with Crippen molar-refractivity contribution in [2.24, 2.45) is 4.99 Å². The van der Waals surface area contributed by atoms with Crippen LogP contribution in [0, 0.1) is 0 Å². The number of rotatable bonds is 0. The first-order valence-corrected chi connectivity index (χ1v) is 4.42. The van der Waals surface area contributed by atoms with E-state index in [1.54, 1.807) is 6.34 Å². The predicted molar refractivity (Wildman–Crippen MR) is 48.1 cm³/mol. The molecule has 2 N–H and O–H groups in total. The Morgan fingerprint density at radius 2 is 1.82 bits per heavy atom. The van der Waals surface area contributed by atoms with Crippen LogP contribution in [-0.2, 0) is 0 Å². The van der Waals surface area contributed by atoms with Gasteiger partial charge in [0.2, 0.25) is 0 Å². The lowest BCUT2D eigenvalue weighted by atomic mass is 10.2. The van der Waals surface area contributed by atoms with Gasteiger partial charge in [0.05, 0.1) is 12.9 Å². The monoisotopic (exact) mass is 155 g/mol. The minimum Gasteiger partial charge on any atom is -0.375 e. The maximum atomic E-state index is 3.85. The molecule has 0 amide bonds. The molecule has 0 aromatic carbocycles. The smallest absolute Gasteiger partial charge is 0.0825 e. The van der Waals surface area contributed by atoms with E-state index in [4.69, 9.17) is 0 Å². The molecule has 2 aliphatic heterocycles. The van der Waals surface area contributed by atoms with Gasteiger partial charge in [-0.05, 0) is 25.9 Å². The zero-order valence-corrected chi connectivity index (χ0v) is 6.97. The van der Waals surface area contributed by atoms with E-state index >= 15 is 0 Å². The first kappa shape index (κ1) is 8.53. The summed E-state index contributed by atoms with van der Waals surface area (Å²) in [6.45, 7) is 4.49. The molecule has 2 aliphatic rings. The maximum Gasteiger partial charge on any atom is 0.0825 e. The van der Waals surface area contributed by atoms with Gasteiger partial charge in [-0.25, -0.2) is 0 Å². The van der Waals surface area contributed by atoms with Crippen molar-refractivity contribution in [3.05, 3.63) is 0 Å². The summed E-state index contributed by atoms with van der Waals surface area (Å²) in [5.74, 6) is 0. The van der Waals surface area contributed by atoms with Crippen LogP contribution in [0.25, 0.3) is 0 Å². The molecule has 0 radical (unpaired) electrons. The SMILES string of the molecule is C1=NCCN1.C1CCNCC1. The van der Waals surface area contributed by atoms with Crippen LogP contribution in [0.15, 0.2) is 4.99 Å². The lowest BCUT2D eigenvalue weighted by molar-refractivity contribution is 0.520. The van der Waals surface area contributed by atoms with Crippen LogP contribution in [0.3, 0.4) is 0 Å². The Morgan fingerprint density at radius 3 is 2.00 bits per heavy atom. The van der Waals surface area contributed by atoms with Gasteiger partial charge in [0.1, 0.15) is 0 Å². The van der Waals surface area contributed by atoms with Gasteiger partial charge in [0.15, 0.2) is 0 Å². The third-order valence-electron chi connectivity index (χ3n) is 1.77. The lowest BCUT2D eigenvalue weighted by Gasteiger charge is -2.08. The molecule has 1 saturated heterocycles. The van der Waals surface area contributed by atoms with Crippen molar-refractivity contribution >= 4 is 6.34 Å². The average molecular weight is 155 g/mol. The summed E-state index contributed by atoms with van der Waals surface area (Å²) in [6, 6.07) is 0. The van der Waals surface area contributed by atoms with Crippen LogP contribution in [-0.4, -0.2) is 32.5 Å². The molecular formula is C8H17N3. The van der Waals surface area contributed by atoms with E-state index in [9.17, 15) is 0 Å². The fraction of sp³-hybridized carbons (Fsp3) is 0.875. The first-order chi connectivity index (χ1) is 5.50. The molecule has 3 nitrogen and oxygen atoms in total. The molecule has 2 rings (SSSR count). The van der Waals surface area contributed by atoms with Crippen LogP contribution in [0.2, 0.25) is 0 Å². The number of piperidine rings is 1. The molecule has 0 unspecified atom stereocenters. The topological polar surface area (TPSA) is 36.4 Å². The van der Waals surface area contributed by atoms with E-state index in [2.05, 4.69) is 15.6 Å². The zero-order chi connectivity index (χ0) is 7.78. The number of hydrogen-bond acceptors (Lipinski definition) is 3. The number of nitrogens with one attached hydrogen (secondary N) is 2. The molecule has 0 atom stereocenters. The van der Waals surface area contributed by atoms with Gasteiger partial charge in [-0.3, -0.25) is 4.99 Å². The van der Waals surface area contributed by atoms with E-state index in [1.165, 1.54) is 32.4 Å². The van der Waals surface area contributed by atoms with Gasteiger partial charge in [-0.1, -0.05) is 6.42 Å². The summed E-state index contributed by atoms with van der Waals surface area (Å²) in [5.41, 5.74) is 0. The first-order valence-electron chi connectivity index (χ1n) is 4.42. The van der Waals surface area contributed by atoms with Crippen molar-refractivity contribution in [2.45, 2.75) is 19.3 Å². The van der Waals surface area contributed by atoms with Gasteiger partial charge >= 0.3 is 0 Å². The lowest BCUT2D eigenvalue weighted by Crippen LogP contribution is -2.21. The van der Waals surface area contributed by atoms with E-state index in [1.807, 2.05) is 0 Å². The molecule has 0 saturated carbocycles. The fourth-order valence-electron chi connectivity index (χ4n) is 1.12. The van der Waals surface area contributed by atoms with Crippen molar-refractivity contribution in [2.75, 3.05) is 26.2 Å². The quantitative estimate of drug-likeness (QED) is 0.530. The molecule has 2 heterocycles. The average Bonchev–Trinajstić information content (AvgIpc) is 2.64. The molecule has 0 spiro atoms. The molecule has 64 valence electrons. The fourth-order valence-corrected chi connectivity index (χ4v) is 1.12. The largest absolute Gasteiger partial charge is 0.375 e. The second-order valence-electron chi connectivity index (χ2n) is 2.80. The highest BCUT2D eigenvalue weighted by Gasteiger charge is 1.93. The Kier molecular flexibility index (Phi) is 4.77. The highest BCUT2D eigenvalue weighted by Crippen LogP contribution is 1.96. The molecule has 0 bridgehead atoms. The van der Waals surface area contributed by atoms with Gasteiger partial charge < -0.3 is 10.6 Å². The van der Waals surface area contributed by atoms with Crippen LogP contribution < -0.4 is 10.6 Å². The number of hydrogen-bond donors (Lipinski definition) is 2. The van der Waals surface area contributed by atoms with Crippen LogP contribution in [0.1, 0.15) is 19.3 Å². The molecule has 0 aliphatic carbocycles. The standard InChI is InChI=1S/C5H11N.C3H6N2/c1-2-4-6-5-3-1;1-2-5-3-4-1/h6H,1-5H2;3H,1-2H2,(H,4,5). The predicted octanol–water partition coefficient (Wildman–Crippen LogP) is 0.378. The molecule has 0 aromatic heterocycles. The van der Waals surface area contributed by atoms with Crippen LogP contribution in [0.4, 0.5) is 0 Å². The van der Waals surface area contributed by atoms with E-state index in [-0.39, 0.29) is 0 Å². The Hall–Kier alpha value is -0.570. The van der Waals surface area contributed by atoms with Crippen LogP contribution >= 0.6 is 0 Å². The molecular weight excluding hydrogens is 138 g/mol. The Bertz CT molecular complexity index is 90.4. The van der Waals surface area contributed by atoms with Gasteiger partial charge in [-0.15, -0.1) is 0 Å². The van der Waals surface area contributed by atoms with E-state index < -0.39 is 0 Å². The number of aliphatic imine (C=N–C) groups is 1. The third-order valence-corrected chi connectivity index (χ3v) is 1.77. The summed E-state index contributed by atoms with van der Waals surface area (Å²) < 4.78 is 0. The Labute approximate surface area is 68.3 Å². The Morgan fingerprint density at radius 1 is 1.00 bits per heavy atom. The van der Waals surface area contributed by atoms with Gasteiger partial charge in [0, 0.05) is 6.54 Å². The minimum atomic E-state index is 0.958. The highest BCUT2D eigenvalue weighted by molar-refractivity contribution is 5.56. The summed E-state index contributed by atoms with van der Waals surface area (Å²) in [4.78, 5) is 3.85. The second kappa shape index (κ2) is 6.16. The van der Waals surface area contributed by atoms with Crippen molar-refractivity contribution in [1.82, 2.24) is 10.6 Å².